The number of hydrogen-bond donors (Lipinski definition) is 10. The fourth-order valence-electron chi connectivity index (χ4n) is 5.74. The Hall–Kier alpha value is -5.28. The van der Waals surface area contributed by atoms with E-state index < -0.39 is 97.5 Å². The van der Waals surface area contributed by atoms with Gasteiger partial charge >= 0.3 is 5.97 Å². The zero-order valence-electron chi connectivity index (χ0n) is 27.9. The summed E-state index contributed by atoms with van der Waals surface area (Å²) in [6.07, 6.45) is -14.8. The number of fused-ring (bicyclic) bond motifs is 1. The fourth-order valence-corrected chi connectivity index (χ4v) is 5.74. The molecule has 0 unspecified atom stereocenters. The molecule has 2 aromatic rings. The van der Waals surface area contributed by atoms with Gasteiger partial charge < -0.3 is 79.2 Å². The van der Waals surface area contributed by atoms with Crippen LogP contribution in [0.1, 0.15) is 5.56 Å². The third-order valence-electron chi connectivity index (χ3n) is 8.72. The van der Waals surface area contributed by atoms with E-state index in [4.69, 9.17) is 28.1 Å². The van der Waals surface area contributed by atoms with Crippen molar-refractivity contribution in [2.45, 2.75) is 61.4 Å². The van der Waals surface area contributed by atoms with Crippen molar-refractivity contribution in [3.63, 3.8) is 0 Å². The molecule has 2 fully saturated rings. The maximum atomic E-state index is 12.8. The van der Waals surface area contributed by atoms with Crippen LogP contribution in [0, 0.1) is 0 Å². The molecule has 0 spiro atoms. The number of rotatable bonds is 10. The van der Waals surface area contributed by atoms with Crippen molar-refractivity contribution >= 4 is 12.0 Å². The average molecular weight is 757 g/mol. The third-order valence-corrected chi connectivity index (χ3v) is 8.72. The van der Waals surface area contributed by atoms with Gasteiger partial charge in [-0.05, 0) is 48.0 Å². The maximum absolute atomic E-state index is 12.8. The van der Waals surface area contributed by atoms with Crippen LogP contribution in [0.5, 0.6) is 28.7 Å². The van der Waals surface area contributed by atoms with Crippen molar-refractivity contribution in [3.8, 4) is 51.4 Å². The lowest BCUT2D eigenvalue weighted by molar-refractivity contribution is -0.278. The number of aliphatic hydroxyl groups is 7. The van der Waals surface area contributed by atoms with Crippen LogP contribution in [0.4, 0.5) is 0 Å². The second kappa shape index (κ2) is 16.0. The van der Waals surface area contributed by atoms with Gasteiger partial charge in [-0.3, -0.25) is 4.79 Å². The normalized spacial score (nSPS) is 28.6. The van der Waals surface area contributed by atoms with Gasteiger partial charge in [0.15, 0.2) is 28.4 Å². The van der Waals surface area contributed by atoms with E-state index in [1.54, 1.807) is 12.1 Å². The van der Waals surface area contributed by atoms with Crippen molar-refractivity contribution in [3.05, 3.63) is 82.5 Å². The van der Waals surface area contributed by atoms with Crippen LogP contribution < -0.4 is 14.9 Å². The molecule has 0 bridgehead atoms. The molecule has 2 aromatic carbocycles. The molecule has 0 aromatic heterocycles. The van der Waals surface area contributed by atoms with Crippen molar-refractivity contribution in [1.29, 1.82) is 0 Å². The SMILES string of the molecule is O=C(/C=C/c1ccc(O)cc1)OC[C@H]1O[C@@H](Oc2cc3c(O[C@@H]4O[C@H](CO)[C@@H](O)[C@H](O)[C@H]4O)cc(=O)cc-3oc2-c2ccc(O)c(O)c2)[C@H](O)[C@@H](O)[C@@H]1O. The summed E-state index contributed by atoms with van der Waals surface area (Å²) in [4.78, 5) is 25.2. The first-order chi connectivity index (χ1) is 25.7. The van der Waals surface area contributed by atoms with Gasteiger partial charge in [0, 0.05) is 23.8 Å². The van der Waals surface area contributed by atoms with Crippen LogP contribution in [0.15, 0.2) is 76.0 Å². The molecule has 0 amide bonds. The predicted molar refractivity (Wildman–Crippen MR) is 180 cm³/mol. The molecular formula is C36H36O18. The van der Waals surface area contributed by atoms with Crippen molar-refractivity contribution in [2.75, 3.05) is 13.2 Å². The van der Waals surface area contributed by atoms with E-state index in [0.717, 1.165) is 30.3 Å². The molecule has 0 radical (unpaired) electrons. The molecule has 3 heterocycles. The van der Waals surface area contributed by atoms with Crippen LogP contribution in [0.3, 0.4) is 0 Å². The minimum atomic E-state index is -1.92. The number of aliphatic hydroxyl groups excluding tert-OH is 7. The Balaban J connectivity index is 1.31. The molecule has 54 heavy (non-hydrogen) atoms. The van der Waals surface area contributed by atoms with E-state index in [1.165, 1.54) is 30.3 Å². The van der Waals surface area contributed by atoms with Crippen LogP contribution in [-0.2, 0) is 19.0 Å². The van der Waals surface area contributed by atoms with Gasteiger partial charge in [-0.25, -0.2) is 4.79 Å². The van der Waals surface area contributed by atoms with Gasteiger partial charge in [0.05, 0.1) is 12.2 Å². The van der Waals surface area contributed by atoms with Crippen LogP contribution in [-0.4, -0.2) is 132 Å². The van der Waals surface area contributed by atoms with E-state index in [2.05, 4.69) is 0 Å². The van der Waals surface area contributed by atoms with E-state index in [-0.39, 0.29) is 39.9 Å². The van der Waals surface area contributed by atoms with Gasteiger partial charge in [0.1, 0.15) is 72.7 Å². The summed E-state index contributed by atoms with van der Waals surface area (Å²) in [7, 11) is 0. The number of ether oxygens (including phenoxy) is 5. The first kappa shape index (κ1) is 38.4. The second-order valence-electron chi connectivity index (χ2n) is 12.5. The number of hydrogen-bond acceptors (Lipinski definition) is 18. The Bertz CT molecular complexity index is 1990. The highest BCUT2D eigenvalue weighted by Crippen LogP contribution is 2.44. The summed E-state index contributed by atoms with van der Waals surface area (Å²) < 4.78 is 34.1. The summed E-state index contributed by atoms with van der Waals surface area (Å²) in [5.74, 6) is -2.89. The fraction of sp³-hybridized carbons (Fsp3) is 0.333. The molecular weight excluding hydrogens is 720 g/mol. The first-order valence-electron chi connectivity index (χ1n) is 16.4. The topological polar surface area (TPSA) is 296 Å². The Kier molecular flexibility index (Phi) is 11.4. The van der Waals surface area contributed by atoms with Gasteiger partial charge in [0.25, 0.3) is 0 Å². The molecule has 18 heteroatoms. The maximum Gasteiger partial charge on any atom is 0.330 e. The Labute approximate surface area is 304 Å². The molecule has 0 saturated carbocycles. The predicted octanol–water partition coefficient (Wildman–Crippen LogP) is -0.850. The zero-order chi connectivity index (χ0) is 38.8. The second-order valence-corrected chi connectivity index (χ2v) is 12.5. The largest absolute Gasteiger partial charge is 0.508 e. The highest BCUT2D eigenvalue weighted by Gasteiger charge is 2.47. The summed E-state index contributed by atoms with van der Waals surface area (Å²) in [6, 6.07) is 12.7. The number of carbonyl (C=O) groups is 1. The number of phenols is 3. The van der Waals surface area contributed by atoms with Crippen molar-refractivity contribution < 1.29 is 84.0 Å². The molecule has 6 rings (SSSR count). The van der Waals surface area contributed by atoms with E-state index in [9.17, 15) is 60.7 Å². The minimum Gasteiger partial charge on any atom is -0.508 e. The van der Waals surface area contributed by atoms with Gasteiger partial charge in [-0.1, -0.05) is 12.1 Å². The number of aromatic hydroxyl groups is 3. The molecule has 288 valence electrons. The lowest BCUT2D eigenvalue weighted by Crippen LogP contribution is -2.60. The number of benzene rings is 3. The monoisotopic (exact) mass is 756 g/mol. The molecule has 4 aliphatic rings. The van der Waals surface area contributed by atoms with Crippen LogP contribution in [0.25, 0.3) is 28.7 Å². The smallest absolute Gasteiger partial charge is 0.330 e. The molecule has 18 nitrogen and oxygen atoms in total. The van der Waals surface area contributed by atoms with Gasteiger partial charge in [-0.15, -0.1) is 0 Å². The Morgan fingerprint density at radius 2 is 1.33 bits per heavy atom. The van der Waals surface area contributed by atoms with Crippen molar-refractivity contribution in [2.24, 2.45) is 0 Å². The number of phenolic OH excluding ortho intramolecular Hbond substituents is 3. The quantitative estimate of drug-likeness (QED) is 0.0535. The number of carbonyl (C=O) groups excluding carboxylic acids is 1. The summed E-state index contributed by atoms with van der Waals surface area (Å²) in [5, 5.41) is 102. The summed E-state index contributed by atoms with van der Waals surface area (Å²) in [6.45, 7) is -1.38. The van der Waals surface area contributed by atoms with Gasteiger partial charge in [-0.2, -0.15) is 0 Å². The number of esters is 1. The molecule has 2 saturated heterocycles. The highest BCUT2D eigenvalue weighted by atomic mass is 16.7. The third kappa shape index (κ3) is 8.11. The molecule has 10 atom stereocenters. The van der Waals surface area contributed by atoms with E-state index in [1.807, 2.05) is 0 Å². The Morgan fingerprint density at radius 1 is 0.704 bits per heavy atom. The van der Waals surface area contributed by atoms with E-state index in [0.29, 0.717) is 5.56 Å². The van der Waals surface area contributed by atoms with Crippen LogP contribution in [0.2, 0.25) is 0 Å². The standard InChI is InChI=1S/C36H36O18/c37-13-25-28(43)30(45)32(47)35(53-25)51-23-11-18(39)10-22-19(23)12-24(34(50-22)16-4-7-20(40)21(41)9-16)52-36-33(48)31(46)29(44)26(54-36)14-49-27(42)8-3-15-1-5-17(38)6-2-15/h1-12,25-26,28-33,35-38,40-41,43-48H,13-14H2/b8-3+/t25-,26-,28-,29-,30+,31+,32-,33-,35-,36-/m1/s1. The summed E-state index contributed by atoms with van der Waals surface area (Å²) >= 11 is 0. The summed E-state index contributed by atoms with van der Waals surface area (Å²) in [5.41, 5.74) is -0.0771. The van der Waals surface area contributed by atoms with E-state index >= 15 is 0 Å². The van der Waals surface area contributed by atoms with Gasteiger partial charge in [0.2, 0.25) is 12.6 Å². The van der Waals surface area contributed by atoms with Crippen LogP contribution >= 0.6 is 0 Å². The lowest BCUT2D eigenvalue weighted by Gasteiger charge is -2.40. The zero-order valence-corrected chi connectivity index (χ0v) is 27.9. The molecule has 10 N–H and O–H groups in total. The Morgan fingerprint density at radius 3 is 1.98 bits per heavy atom. The van der Waals surface area contributed by atoms with Crippen molar-refractivity contribution in [1.82, 2.24) is 0 Å². The molecule has 3 aliphatic heterocycles. The molecule has 1 aliphatic carbocycles. The first-order valence-corrected chi connectivity index (χ1v) is 16.4. The minimum absolute atomic E-state index is 0.0276. The lowest BCUT2D eigenvalue weighted by atomic mass is 9.99. The average Bonchev–Trinajstić information content (AvgIpc) is 3.15. The highest BCUT2D eigenvalue weighted by molar-refractivity contribution is 5.87.